The summed E-state index contributed by atoms with van der Waals surface area (Å²) in [4.78, 5) is 29.8. The van der Waals surface area contributed by atoms with Crippen LogP contribution in [0.2, 0.25) is 0 Å². The van der Waals surface area contributed by atoms with Gasteiger partial charge in [-0.05, 0) is 42.5 Å². The van der Waals surface area contributed by atoms with E-state index in [4.69, 9.17) is 4.74 Å². The molecule has 0 radical (unpaired) electrons. The lowest BCUT2D eigenvalue weighted by Crippen LogP contribution is -2.25. The average Bonchev–Trinajstić information content (AvgIpc) is 2.66. The minimum atomic E-state index is -0.394. The monoisotopic (exact) mass is 450 g/mol. The van der Waals surface area contributed by atoms with E-state index < -0.39 is 5.82 Å². The van der Waals surface area contributed by atoms with E-state index in [0.29, 0.717) is 34.8 Å². The number of halogens is 2. The molecule has 0 aliphatic carbocycles. The summed E-state index contributed by atoms with van der Waals surface area (Å²) in [6, 6.07) is 10.7. The molecule has 0 unspecified atom stereocenters. The highest BCUT2D eigenvalue weighted by Crippen LogP contribution is 2.21. The van der Waals surface area contributed by atoms with Gasteiger partial charge in [0.05, 0.1) is 29.8 Å². The van der Waals surface area contributed by atoms with Crippen molar-refractivity contribution in [3.8, 4) is 0 Å². The summed E-state index contributed by atoms with van der Waals surface area (Å²) < 4.78 is 20.4. The van der Waals surface area contributed by atoms with Gasteiger partial charge in [0.15, 0.2) is 10.9 Å². The molecule has 0 saturated carbocycles. The predicted molar refractivity (Wildman–Crippen MR) is 107 cm³/mol. The molecule has 0 saturated heterocycles. The molecule has 140 valence electrons. The maximum Gasteiger partial charge on any atom is 0.262 e. The van der Waals surface area contributed by atoms with Crippen LogP contribution < -0.4 is 5.56 Å². The minimum Gasteiger partial charge on any atom is -0.383 e. The molecule has 2 aromatic carbocycles. The number of ether oxygens (including phenoxy) is 1. The van der Waals surface area contributed by atoms with Gasteiger partial charge in [-0.2, -0.15) is 0 Å². The number of carbonyl (C=O) groups is 1. The van der Waals surface area contributed by atoms with Crippen molar-refractivity contribution in [2.24, 2.45) is 0 Å². The second-order valence-corrected chi connectivity index (χ2v) is 7.58. The zero-order chi connectivity index (χ0) is 19.4. The zero-order valence-corrected chi connectivity index (χ0v) is 16.8. The molecule has 0 N–H and O–H groups in total. The molecular formula is C19H16BrFN2O3S. The molecular weight excluding hydrogens is 435 g/mol. The Balaban J connectivity index is 1.92. The molecule has 3 rings (SSSR count). The Labute approximate surface area is 167 Å². The molecule has 0 spiro atoms. The molecule has 0 amide bonds. The summed E-state index contributed by atoms with van der Waals surface area (Å²) in [6.45, 7) is 0.679. The fraction of sp³-hybridized carbons (Fsp3) is 0.211. The van der Waals surface area contributed by atoms with E-state index in [1.165, 1.54) is 40.6 Å². The summed E-state index contributed by atoms with van der Waals surface area (Å²) in [5.41, 5.74) is 0.795. The van der Waals surface area contributed by atoms with Crippen molar-refractivity contribution in [1.82, 2.24) is 9.55 Å². The van der Waals surface area contributed by atoms with Crippen LogP contribution in [0.25, 0.3) is 10.9 Å². The molecule has 0 fully saturated rings. The normalized spacial score (nSPS) is 11.1. The molecule has 0 aliphatic rings. The second kappa shape index (κ2) is 8.77. The molecule has 8 heteroatoms. The summed E-state index contributed by atoms with van der Waals surface area (Å²) in [5.74, 6) is -0.467. The van der Waals surface area contributed by atoms with Crippen LogP contribution in [0.5, 0.6) is 0 Å². The van der Waals surface area contributed by atoms with Crippen LogP contribution in [0.4, 0.5) is 4.39 Å². The van der Waals surface area contributed by atoms with Gasteiger partial charge in [0.2, 0.25) is 0 Å². The fourth-order valence-electron chi connectivity index (χ4n) is 2.51. The molecule has 0 atom stereocenters. The summed E-state index contributed by atoms with van der Waals surface area (Å²) in [6.07, 6.45) is 0. The maximum absolute atomic E-state index is 13.0. The van der Waals surface area contributed by atoms with Crippen LogP contribution >= 0.6 is 27.7 Å². The van der Waals surface area contributed by atoms with Gasteiger partial charge in [-0.15, -0.1) is 0 Å². The van der Waals surface area contributed by atoms with Crippen LogP contribution in [0.15, 0.2) is 56.9 Å². The maximum atomic E-state index is 13.0. The van der Waals surface area contributed by atoms with E-state index in [2.05, 4.69) is 20.9 Å². The van der Waals surface area contributed by atoms with Gasteiger partial charge in [0, 0.05) is 17.1 Å². The minimum absolute atomic E-state index is 0.0904. The second-order valence-electron chi connectivity index (χ2n) is 5.72. The van der Waals surface area contributed by atoms with Gasteiger partial charge in [0.1, 0.15) is 5.82 Å². The number of fused-ring (bicyclic) bond motifs is 1. The largest absolute Gasteiger partial charge is 0.383 e. The molecule has 5 nitrogen and oxygen atoms in total. The third-order valence-corrected chi connectivity index (χ3v) is 5.37. The first-order chi connectivity index (χ1) is 13.0. The number of carbonyl (C=O) groups excluding carboxylic acids is 1. The van der Waals surface area contributed by atoms with Crippen molar-refractivity contribution in [3.63, 3.8) is 0 Å². The lowest BCUT2D eigenvalue weighted by Gasteiger charge is -2.12. The topological polar surface area (TPSA) is 61.2 Å². The highest BCUT2D eigenvalue weighted by molar-refractivity contribution is 9.10. The first-order valence-electron chi connectivity index (χ1n) is 8.10. The number of benzene rings is 2. The average molecular weight is 451 g/mol. The molecule has 27 heavy (non-hydrogen) atoms. The fourth-order valence-corrected chi connectivity index (χ4v) is 3.79. The first kappa shape index (κ1) is 19.7. The van der Waals surface area contributed by atoms with E-state index in [-0.39, 0.29) is 17.1 Å². The molecule has 0 bridgehead atoms. The SMILES string of the molecule is COCCn1c(SCC(=O)c2ccc(F)cc2)nc2ccc(Br)cc2c1=O. The number of thioether (sulfide) groups is 1. The number of hydrogen-bond donors (Lipinski definition) is 0. The van der Waals surface area contributed by atoms with E-state index in [9.17, 15) is 14.0 Å². The number of nitrogens with zero attached hydrogens (tertiary/aromatic N) is 2. The molecule has 1 heterocycles. The van der Waals surface area contributed by atoms with E-state index in [1.54, 1.807) is 19.2 Å². The summed E-state index contributed by atoms with van der Waals surface area (Å²) in [5, 5.41) is 0.942. The number of Topliss-reactive ketones (excluding diaryl/α,β-unsaturated/α-hetero) is 1. The molecule has 1 aromatic heterocycles. The third-order valence-electron chi connectivity index (χ3n) is 3.90. The lowest BCUT2D eigenvalue weighted by atomic mass is 10.1. The standard InChI is InChI=1S/C19H16BrFN2O3S/c1-26-9-8-23-18(25)15-10-13(20)4-7-16(15)22-19(23)27-11-17(24)12-2-5-14(21)6-3-12/h2-7,10H,8-9,11H2,1H3. The Kier molecular flexibility index (Phi) is 6.41. The van der Waals surface area contributed by atoms with Crippen LogP contribution in [-0.2, 0) is 11.3 Å². The summed E-state index contributed by atoms with van der Waals surface area (Å²) >= 11 is 4.54. The van der Waals surface area contributed by atoms with Crippen molar-refractivity contribution in [2.75, 3.05) is 19.5 Å². The van der Waals surface area contributed by atoms with Gasteiger partial charge in [-0.3, -0.25) is 14.2 Å². The number of ketones is 1. The van der Waals surface area contributed by atoms with Gasteiger partial charge in [-0.25, -0.2) is 9.37 Å². The third kappa shape index (κ3) is 4.63. The van der Waals surface area contributed by atoms with Crippen LogP contribution in [-0.4, -0.2) is 34.8 Å². The Morgan fingerprint density at radius 2 is 2.00 bits per heavy atom. The van der Waals surface area contributed by atoms with E-state index >= 15 is 0 Å². The molecule has 0 aliphatic heterocycles. The Bertz CT molecular complexity index is 1040. The first-order valence-corrected chi connectivity index (χ1v) is 9.88. The van der Waals surface area contributed by atoms with Crippen LogP contribution in [0.3, 0.4) is 0 Å². The number of aromatic nitrogens is 2. The predicted octanol–water partition coefficient (Wildman–Crippen LogP) is 3.92. The van der Waals surface area contributed by atoms with Crippen molar-refractivity contribution in [1.29, 1.82) is 0 Å². The Morgan fingerprint density at radius 1 is 1.26 bits per heavy atom. The van der Waals surface area contributed by atoms with E-state index in [0.717, 1.165) is 4.47 Å². The Morgan fingerprint density at radius 3 is 2.70 bits per heavy atom. The highest BCUT2D eigenvalue weighted by atomic mass is 79.9. The zero-order valence-electron chi connectivity index (χ0n) is 14.4. The van der Waals surface area contributed by atoms with Crippen LogP contribution in [0.1, 0.15) is 10.4 Å². The number of hydrogen-bond acceptors (Lipinski definition) is 5. The number of rotatable bonds is 7. The van der Waals surface area contributed by atoms with Crippen molar-refractivity contribution >= 4 is 44.4 Å². The van der Waals surface area contributed by atoms with Gasteiger partial charge in [0.25, 0.3) is 5.56 Å². The van der Waals surface area contributed by atoms with E-state index in [1.807, 2.05) is 6.07 Å². The van der Waals surface area contributed by atoms with Crippen molar-refractivity contribution in [2.45, 2.75) is 11.7 Å². The number of methoxy groups -OCH3 is 1. The van der Waals surface area contributed by atoms with Crippen LogP contribution in [0, 0.1) is 5.82 Å². The Hall–Kier alpha value is -2.03. The quantitative estimate of drug-likeness (QED) is 0.310. The van der Waals surface area contributed by atoms with Crippen molar-refractivity contribution < 1.29 is 13.9 Å². The van der Waals surface area contributed by atoms with Gasteiger partial charge < -0.3 is 4.74 Å². The van der Waals surface area contributed by atoms with Gasteiger partial charge >= 0.3 is 0 Å². The van der Waals surface area contributed by atoms with Gasteiger partial charge in [-0.1, -0.05) is 27.7 Å². The summed E-state index contributed by atoms with van der Waals surface area (Å²) in [7, 11) is 1.56. The van der Waals surface area contributed by atoms with Crippen molar-refractivity contribution in [3.05, 3.63) is 68.7 Å². The highest BCUT2D eigenvalue weighted by Gasteiger charge is 2.14. The lowest BCUT2D eigenvalue weighted by molar-refractivity contribution is 0.102. The molecule has 3 aromatic rings. The smallest absolute Gasteiger partial charge is 0.262 e.